The summed E-state index contributed by atoms with van der Waals surface area (Å²) in [5, 5.41) is 5.74. The molecule has 154 valence electrons. The zero-order valence-corrected chi connectivity index (χ0v) is 16.4. The van der Waals surface area contributed by atoms with Gasteiger partial charge < -0.3 is 10.6 Å². The molecule has 0 saturated carbocycles. The van der Waals surface area contributed by atoms with Crippen molar-refractivity contribution < 1.29 is 14.0 Å². The van der Waals surface area contributed by atoms with Crippen LogP contribution in [0.15, 0.2) is 54.6 Å². The number of amides is 2. The number of piperazine rings is 1. The molecule has 2 aromatic carbocycles. The van der Waals surface area contributed by atoms with Crippen LogP contribution in [-0.2, 0) is 16.0 Å². The Morgan fingerprint density at radius 2 is 1.41 bits per heavy atom. The number of rotatable bonds is 8. The summed E-state index contributed by atoms with van der Waals surface area (Å²) < 4.78 is 12.9. The molecule has 7 heteroatoms. The van der Waals surface area contributed by atoms with Crippen molar-refractivity contribution in [2.75, 3.05) is 51.1 Å². The standard InChI is InChI=1S/C22H27FN4O2/c23-19-6-8-20(9-7-19)25-22(29)17-27-14-12-26(13-15-27)16-21(28)24-11-10-18-4-2-1-3-5-18/h1-9H,10-17H2,(H,24,28)(H,25,29). The first-order valence-corrected chi connectivity index (χ1v) is 9.89. The Morgan fingerprint density at radius 3 is 2.03 bits per heavy atom. The lowest BCUT2D eigenvalue weighted by Crippen LogP contribution is -2.51. The lowest BCUT2D eigenvalue weighted by molar-refractivity contribution is -0.123. The van der Waals surface area contributed by atoms with E-state index in [1.165, 1.54) is 17.7 Å². The maximum Gasteiger partial charge on any atom is 0.238 e. The molecule has 6 nitrogen and oxygen atoms in total. The molecule has 0 aliphatic carbocycles. The highest BCUT2D eigenvalue weighted by molar-refractivity contribution is 5.92. The molecule has 0 atom stereocenters. The van der Waals surface area contributed by atoms with Gasteiger partial charge in [0.25, 0.3) is 0 Å². The van der Waals surface area contributed by atoms with Crippen molar-refractivity contribution in [2.45, 2.75) is 6.42 Å². The highest BCUT2D eigenvalue weighted by atomic mass is 19.1. The van der Waals surface area contributed by atoms with Crippen LogP contribution in [0.5, 0.6) is 0 Å². The number of anilines is 1. The molecule has 1 aliphatic rings. The highest BCUT2D eigenvalue weighted by Crippen LogP contribution is 2.09. The molecule has 2 aromatic rings. The van der Waals surface area contributed by atoms with Crippen molar-refractivity contribution in [3.63, 3.8) is 0 Å². The van der Waals surface area contributed by atoms with Crippen LogP contribution in [0.2, 0.25) is 0 Å². The predicted molar refractivity (Wildman–Crippen MR) is 111 cm³/mol. The molecule has 0 bridgehead atoms. The van der Waals surface area contributed by atoms with E-state index in [-0.39, 0.29) is 24.2 Å². The molecule has 1 fully saturated rings. The maximum atomic E-state index is 12.9. The smallest absolute Gasteiger partial charge is 0.238 e. The van der Waals surface area contributed by atoms with Crippen molar-refractivity contribution in [1.29, 1.82) is 0 Å². The zero-order chi connectivity index (χ0) is 20.5. The molecule has 1 saturated heterocycles. The van der Waals surface area contributed by atoms with Gasteiger partial charge in [-0.15, -0.1) is 0 Å². The molecule has 3 rings (SSSR count). The van der Waals surface area contributed by atoms with Gasteiger partial charge >= 0.3 is 0 Å². The minimum atomic E-state index is -0.330. The normalized spacial score (nSPS) is 15.1. The molecule has 0 radical (unpaired) electrons. The second-order valence-electron chi connectivity index (χ2n) is 7.19. The lowest BCUT2D eigenvalue weighted by atomic mass is 10.1. The lowest BCUT2D eigenvalue weighted by Gasteiger charge is -2.33. The third-order valence-electron chi connectivity index (χ3n) is 4.91. The minimum absolute atomic E-state index is 0.0310. The maximum absolute atomic E-state index is 12.9. The Bertz CT molecular complexity index is 790. The van der Waals surface area contributed by atoms with E-state index in [1.54, 1.807) is 12.1 Å². The van der Waals surface area contributed by atoms with E-state index >= 15 is 0 Å². The summed E-state index contributed by atoms with van der Waals surface area (Å²) in [5.41, 5.74) is 1.79. The fourth-order valence-electron chi connectivity index (χ4n) is 3.29. The number of carbonyl (C=O) groups excluding carboxylic acids is 2. The average Bonchev–Trinajstić information content (AvgIpc) is 2.72. The number of benzene rings is 2. The van der Waals surface area contributed by atoms with Crippen LogP contribution in [-0.4, -0.2) is 67.4 Å². The summed E-state index contributed by atoms with van der Waals surface area (Å²) in [6.07, 6.45) is 0.823. The van der Waals surface area contributed by atoms with Gasteiger partial charge in [0.15, 0.2) is 0 Å². The number of nitrogens with one attached hydrogen (secondary N) is 2. The SMILES string of the molecule is O=C(CN1CCN(CC(=O)Nc2ccc(F)cc2)CC1)NCCc1ccccc1. The largest absolute Gasteiger partial charge is 0.355 e. The van der Waals surface area contributed by atoms with Gasteiger partial charge in [0.05, 0.1) is 13.1 Å². The van der Waals surface area contributed by atoms with E-state index in [9.17, 15) is 14.0 Å². The van der Waals surface area contributed by atoms with Crippen molar-refractivity contribution in [3.8, 4) is 0 Å². The third-order valence-corrected chi connectivity index (χ3v) is 4.91. The molecule has 0 unspecified atom stereocenters. The van der Waals surface area contributed by atoms with E-state index in [4.69, 9.17) is 0 Å². The number of hydrogen-bond acceptors (Lipinski definition) is 4. The number of halogens is 1. The van der Waals surface area contributed by atoms with Crippen LogP contribution >= 0.6 is 0 Å². The van der Waals surface area contributed by atoms with E-state index < -0.39 is 0 Å². The van der Waals surface area contributed by atoms with Crippen LogP contribution in [0.1, 0.15) is 5.56 Å². The zero-order valence-electron chi connectivity index (χ0n) is 16.4. The van der Waals surface area contributed by atoms with Crippen LogP contribution in [0.4, 0.5) is 10.1 Å². The first kappa shape index (κ1) is 21.0. The van der Waals surface area contributed by atoms with Gasteiger partial charge in [-0.05, 0) is 36.2 Å². The molecule has 1 heterocycles. The number of nitrogens with zero attached hydrogens (tertiary/aromatic N) is 2. The van der Waals surface area contributed by atoms with Crippen LogP contribution < -0.4 is 10.6 Å². The molecule has 0 aromatic heterocycles. The Kier molecular flexibility index (Phi) is 7.72. The van der Waals surface area contributed by atoms with Crippen molar-refractivity contribution in [2.24, 2.45) is 0 Å². The summed E-state index contributed by atoms with van der Waals surface area (Å²) in [6.45, 7) is 4.25. The van der Waals surface area contributed by atoms with Crippen molar-refractivity contribution >= 4 is 17.5 Å². The van der Waals surface area contributed by atoms with Gasteiger partial charge in [-0.2, -0.15) is 0 Å². The first-order chi connectivity index (χ1) is 14.1. The summed E-state index contributed by atoms with van der Waals surface area (Å²) in [7, 11) is 0. The van der Waals surface area contributed by atoms with Gasteiger partial charge in [0, 0.05) is 38.4 Å². The summed E-state index contributed by atoms with van der Waals surface area (Å²) >= 11 is 0. The number of carbonyl (C=O) groups is 2. The fourth-order valence-corrected chi connectivity index (χ4v) is 3.29. The minimum Gasteiger partial charge on any atom is -0.355 e. The second-order valence-corrected chi connectivity index (χ2v) is 7.19. The summed E-state index contributed by atoms with van der Waals surface area (Å²) in [4.78, 5) is 28.4. The Hall–Kier alpha value is -2.77. The predicted octanol–water partition coefficient (Wildman–Crippen LogP) is 1.74. The number of hydrogen-bond donors (Lipinski definition) is 2. The highest BCUT2D eigenvalue weighted by Gasteiger charge is 2.20. The third kappa shape index (κ3) is 7.29. The summed E-state index contributed by atoms with van der Waals surface area (Å²) in [6, 6.07) is 15.8. The fraction of sp³-hybridized carbons (Fsp3) is 0.364. The molecule has 1 aliphatic heterocycles. The monoisotopic (exact) mass is 398 g/mol. The van der Waals surface area contributed by atoms with E-state index in [2.05, 4.69) is 32.6 Å². The quantitative estimate of drug-likeness (QED) is 0.711. The Morgan fingerprint density at radius 1 is 0.828 bits per heavy atom. The second kappa shape index (κ2) is 10.7. The van der Waals surface area contributed by atoms with E-state index in [0.29, 0.717) is 18.8 Å². The van der Waals surface area contributed by atoms with Crippen molar-refractivity contribution in [1.82, 2.24) is 15.1 Å². The van der Waals surface area contributed by atoms with Gasteiger partial charge in [0.2, 0.25) is 11.8 Å². The first-order valence-electron chi connectivity index (χ1n) is 9.89. The van der Waals surface area contributed by atoms with Gasteiger partial charge in [0.1, 0.15) is 5.82 Å². The van der Waals surface area contributed by atoms with Gasteiger partial charge in [-0.25, -0.2) is 4.39 Å². The van der Waals surface area contributed by atoms with Crippen LogP contribution in [0.25, 0.3) is 0 Å². The van der Waals surface area contributed by atoms with E-state index in [1.807, 2.05) is 18.2 Å². The van der Waals surface area contributed by atoms with Crippen molar-refractivity contribution in [3.05, 3.63) is 66.0 Å². The molecule has 2 amide bonds. The molecule has 29 heavy (non-hydrogen) atoms. The Labute approximate surface area is 170 Å². The molecular formula is C22H27FN4O2. The van der Waals surface area contributed by atoms with Gasteiger partial charge in [-0.1, -0.05) is 30.3 Å². The average molecular weight is 398 g/mol. The molecule has 0 spiro atoms. The van der Waals surface area contributed by atoms with Crippen LogP contribution in [0.3, 0.4) is 0 Å². The van der Waals surface area contributed by atoms with Crippen LogP contribution in [0, 0.1) is 5.82 Å². The topological polar surface area (TPSA) is 64.7 Å². The van der Waals surface area contributed by atoms with Gasteiger partial charge in [-0.3, -0.25) is 19.4 Å². The Balaban J connectivity index is 1.31. The molecule has 2 N–H and O–H groups in total. The molecular weight excluding hydrogens is 371 g/mol. The van der Waals surface area contributed by atoms with E-state index in [0.717, 1.165) is 32.6 Å². The summed E-state index contributed by atoms with van der Waals surface area (Å²) in [5.74, 6) is -0.421.